The maximum atomic E-state index is 15.4. The van der Waals surface area contributed by atoms with Crippen LogP contribution in [0.1, 0.15) is 118 Å². The van der Waals surface area contributed by atoms with Gasteiger partial charge in [0.15, 0.2) is 11.6 Å². The minimum atomic E-state index is -3.68. The molecule has 12 rings (SSSR count). The van der Waals surface area contributed by atoms with Crippen LogP contribution in [0.2, 0.25) is 0 Å². The highest BCUT2D eigenvalue weighted by Gasteiger charge is 2.39. The zero-order chi connectivity index (χ0) is 59.7. The van der Waals surface area contributed by atoms with Crippen molar-refractivity contribution in [1.82, 2.24) is 43.8 Å². The number of hydrogen-bond acceptors (Lipinski definition) is 12. The molecule has 0 spiro atoms. The van der Waals surface area contributed by atoms with Crippen LogP contribution in [0.15, 0.2) is 162 Å². The maximum absolute atomic E-state index is 15.4. The van der Waals surface area contributed by atoms with E-state index in [0.717, 1.165) is 71.9 Å². The molecule has 6 N–H and O–H groups in total. The van der Waals surface area contributed by atoms with Crippen LogP contribution in [0.25, 0.3) is 32.9 Å². The van der Waals surface area contributed by atoms with Crippen molar-refractivity contribution in [2.24, 2.45) is 11.8 Å². The number of benzene rings is 5. The summed E-state index contributed by atoms with van der Waals surface area (Å²) in [5, 5.41) is 12.4. The minimum absolute atomic E-state index is 0.173. The van der Waals surface area contributed by atoms with Gasteiger partial charge >= 0.3 is 5.69 Å². The fraction of sp³-hybridized carbons (Fsp3) is 0.262. The third-order valence-electron chi connectivity index (χ3n) is 16.0. The minimum Gasteiger partial charge on any atom is -0.383 e. The number of pyridine rings is 2. The van der Waals surface area contributed by atoms with Gasteiger partial charge in [0.05, 0.1) is 40.6 Å². The molecule has 2 saturated carbocycles. The summed E-state index contributed by atoms with van der Waals surface area (Å²) in [6, 6.07) is 37.6. The molecule has 2 aliphatic rings. The second-order valence-corrected chi connectivity index (χ2v) is 24.2. The van der Waals surface area contributed by atoms with E-state index >= 15 is 8.78 Å². The number of H-pyrrole nitrogens is 1. The lowest BCUT2D eigenvalue weighted by molar-refractivity contribution is 0.0976. The highest BCUT2D eigenvalue weighted by Crippen LogP contribution is 2.42. The van der Waals surface area contributed by atoms with Gasteiger partial charge < -0.3 is 11.5 Å². The van der Waals surface area contributed by atoms with Crippen molar-refractivity contribution in [2.45, 2.75) is 89.6 Å². The average molecular weight is 1160 g/mol. The standard InChI is InChI=1S/C34H34FN5O3S.C31H29FN6O3/c1-22-18-31(40(38-22)28-12-10-24-15-17-37-33(36)29(24)21-28)32(41)20-25-19-27(11-13-30(25)35)34(39-44(2,42)43,16-14-23-8-9-23)26-6-4-3-5-7-26;1-18-14-27(38(36-18)23-7-5-20-10-12-34-30(33)24(20)17-23)28(39)16-22-15-21(6-8-25(22)32)26(9-4-19-2-3-19)37-13-11-29(40)35-31(37)41/h3-7,10-13,15,17-19,21,23,39H,8-9,14,16,20H2,1-2H3,(H2,36,37);5-8,10-15,17,19,26H,2-4,9,16H2,1H3,(H2,33,34)(H,35,40,41). The molecule has 5 aromatic heterocycles. The summed E-state index contributed by atoms with van der Waals surface area (Å²) in [5.41, 5.74) is 15.6. The van der Waals surface area contributed by atoms with Crippen molar-refractivity contribution in [1.29, 1.82) is 0 Å². The highest BCUT2D eigenvalue weighted by atomic mass is 32.2. The number of halogens is 2. The molecule has 0 saturated heterocycles. The van der Waals surface area contributed by atoms with Crippen molar-refractivity contribution < 1.29 is 26.8 Å². The largest absolute Gasteiger partial charge is 0.383 e. The van der Waals surface area contributed by atoms with E-state index in [1.165, 1.54) is 29.0 Å². The number of fused-ring (bicyclic) bond motifs is 2. The van der Waals surface area contributed by atoms with Crippen LogP contribution in [0, 0.1) is 37.3 Å². The first-order chi connectivity index (χ1) is 40.8. The van der Waals surface area contributed by atoms with Crippen molar-refractivity contribution in [3.63, 3.8) is 0 Å². The third-order valence-corrected chi connectivity index (χ3v) is 16.7. The van der Waals surface area contributed by atoms with Crippen LogP contribution < -0.4 is 27.4 Å². The molecule has 0 radical (unpaired) electrons. The number of aromatic nitrogens is 8. The Morgan fingerprint density at radius 2 is 1.21 bits per heavy atom. The second-order valence-electron chi connectivity index (χ2n) is 22.4. The van der Waals surface area contributed by atoms with Gasteiger partial charge in [0.1, 0.15) is 34.7 Å². The number of nitrogens with one attached hydrogen (secondary N) is 2. The second kappa shape index (κ2) is 23.8. The van der Waals surface area contributed by atoms with Crippen LogP contribution >= 0.6 is 0 Å². The molecule has 0 bridgehead atoms. The number of carbonyl (C=O) groups is 2. The fourth-order valence-electron chi connectivity index (χ4n) is 11.3. The topological polar surface area (TPSA) is 249 Å². The van der Waals surface area contributed by atoms with Crippen molar-refractivity contribution in [2.75, 3.05) is 17.7 Å². The summed E-state index contributed by atoms with van der Waals surface area (Å²) in [6.07, 6.45) is 12.9. The molecule has 2 atom stereocenters. The Morgan fingerprint density at radius 3 is 1.75 bits per heavy atom. The summed E-state index contributed by atoms with van der Waals surface area (Å²) in [4.78, 5) is 62.4. The van der Waals surface area contributed by atoms with E-state index in [0.29, 0.717) is 81.6 Å². The number of nitrogen functional groups attached to an aromatic ring is 2. The maximum Gasteiger partial charge on any atom is 0.328 e. The number of nitrogens with zero attached hydrogens (tertiary/aromatic N) is 7. The Morgan fingerprint density at radius 1 is 0.671 bits per heavy atom. The normalized spacial score (nSPS) is 14.4. The van der Waals surface area contributed by atoms with Gasteiger partial charge in [0.25, 0.3) is 5.56 Å². The van der Waals surface area contributed by atoms with Crippen LogP contribution in [0.5, 0.6) is 0 Å². The average Bonchev–Trinajstić information content (AvgIpc) is 2.62. The first-order valence-corrected chi connectivity index (χ1v) is 30.1. The first kappa shape index (κ1) is 57.5. The molecule has 5 aromatic carbocycles. The van der Waals surface area contributed by atoms with Crippen molar-refractivity contribution >= 4 is 54.8 Å². The number of anilines is 2. The van der Waals surface area contributed by atoms with E-state index in [4.69, 9.17) is 11.5 Å². The lowest BCUT2D eigenvalue weighted by Gasteiger charge is -2.36. The van der Waals surface area contributed by atoms with Crippen molar-refractivity contribution in [3.05, 3.63) is 235 Å². The van der Waals surface area contributed by atoms with Gasteiger partial charge in [-0.3, -0.25) is 23.9 Å². The number of rotatable bonds is 20. The van der Waals surface area contributed by atoms with E-state index in [9.17, 15) is 27.6 Å². The van der Waals surface area contributed by atoms with E-state index in [-0.39, 0.29) is 35.5 Å². The number of aryl methyl sites for hydroxylation is 2. The van der Waals surface area contributed by atoms with E-state index in [1.54, 1.807) is 72.0 Å². The molecule has 2 unspecified atom stereocenters. The van der Waals surface area contributed by atoms with E-state index < -0.39 is 44.5 Å². The zero-order valence-corrected chi connectivity index (χ0v) is 48.0. The molecular formula is C65H63F2N11O6S. The van der Waals surface area contributed by atoms with E-state index in [2.05, 4.69) is 29.9 Å². The fourth-order valence-corrected chi connectivity index (χ4v) is 12.3. The van der Waals surface area contributed by atoms with Gasteiger partial charge in [0.2, 0.25) is 10.0 Å². The quantitative estimate of drug-likeness (QED) is 0.0521. The third kappa shape index (κ3) is 12.9. The van der Waals surface area contributed by atoms with Gasteiger partial charge in [-0.05, 0) is 151 Å². The first-order valence-electron chi connectivity index (χ1n) is 28.2. The molecule has 2 aliphatic carbocycles. The smallest absolute Gasteiger partial charge is 0.328 e. The predicted octanol–water partition coefficient (Wildman–Crippen LogP) is 10.4. The molecule has 10 aromatic rings. The number of Topliss-reactive ketones (excluding diaryl/α,β-unsaturated/α-hetero) is 2. The van der Waals surface area contributed by atoms with Gasteiger partial charge in [-0.1, -0.05) is 92.4 Å². The summed E-state index contributed by atoms with van der Waals surface area (Å²) in [5.74, 6) is 0.191. The molecule has 0 aliphatic heterocycles. The number of carbonyl (C=O) groups excluding carboxylic acids is 2. The van der Waals surface area contributed by atoms with Gasteiger partial charge in [0, 0.05) is 48.3 Å². The Balaban J connectivity index is 0.000000177. The molecule has 85 heavy (non-hydrogen) atoms. The molecule has 2 fully saturated rings. The molecule has 17 nitrogen and oxygen atoms in total. The molecule has 20 heteroatoms. The van der Waals surface area contributed by atoms with Crippen LogP contribution in [0.3, 0.4) is 0 Å². The van der Waals surface area contributed by atoms with Crippen LogP contribution in [-0.2, 0) is 28.4 Å². The molecule has 5 heterocycles. The number of sulfonamides is 1. The molecule has 0 amide bonds. The van der Waals surface area contributed by atoms with Gasteiger partial charge in [-0.2, -0.15) is 10.2 Å². The Hall–Kier alpha value is -9.27. The molecular weight excluding hydrogens is 1100 g/mol. The Kier molecular flexibility index (Phi) is 16.1. The summed E-state index contributed by atoms with van der Waals surface area (Å²) in [6.45, 7) is 3.58. The predicted molar refractivity (Wildman–Crippen MR) is 323 cm³/mol. The number of nitrogens with two attached hydrogens (primary N) is 2. The van der Waals surface area contributed by atoms with E-state index in [1.807, 2.05) is 78.9 Å². The number of aromatic amines is 1. The summed E-state index contributed by atoms with van der Waals surface area (Å²) >= 11 is 0. The molecule has 434 valence electrons. The SMILES string of the molecule is Cc1cc(C(=O)Cc2cc(C(CCC3CC3)(NS(C)(=O)=O)c3ccccc3)ccc2F)n(-c2ccc3ccnc(N)c3c2)n1.Cc1cc(C(=O)Cc2cc(C(CCC3CC3)n3ccc(=O)[nH]c3=O)ccc2F)n(-c2ccc3ccnc(N)c3c2)n1. The lowest BCUT2D eigenvalue weighted by atomic mass is 9.78. The van der Waals surface area contributed by atoms with Crippen LogP contribution in [0.4, 0.5) is 20.4 Å². The summed E-state index contributed by atoms with van der Waals surface area (Å²) in [7, 11) is -3.68. The van der Waals surface area contributed by atoms with Crippen molar-refractivity contribution in [3.8, 4) is 11.4 Å². The van der Waals surface area contributed by atoms with Gasteiger partial charge in [-0.25, -0.2) is 46.0 Å². The number of ketones is 2. The van der Waals surface area contributed by atoms with Gasteiger partial charge in [-0.15, -0.1) is 0 Å². The Labute approximate surface area is 488 Å². The number of hydrogen-bond donors (Lipinski definition) is 4. The highest BCUT2D eigenvalue weighted by molar-refractivity contribution is 7.88. The van der Waals surface area contributed by atoms with Crippen LogP contribution in [-0.4, -0.2) is 65.3 Å². The Bertz CT molecular complexity index is 4440. The monoisotopic (exact) mass is 1160 g/mol. The zero-order valence-electron chi connectivity index (χ0n) is 47.1. The lowest BCUT2D eigenvalue weighted by Crippen LogP contribution is -2.46. The summed E-state index contributed by atoms with van der Waals surface area (Å²) < 4.78 is 63.6.